The van der Waals surface area contributed by atoms with E-state index in [9.17, 15) is 0 Å². The Labute approximate surface area is 111 Å². The fourth-order valence-electron chi connectivity index (χ4n) is 1.99. The fourth-order valence-corrected chi connectivity index (χ4v) is 2.31. The summed E-state index contributed by atoms with van der Waals surface area (Å²) in [6.45, 7) is 7.26. The minimum absolute atomic E-state index is 0.901. The molecular formula is C14H17BrN2. The second kappa shape index (κ2) is 5.05. The van der Waals surface area contributed by atoms with Gasteiger partial charge in [0, 0.05) is 16.4 Å². The number of aromatic nitrogens is 1. The van der Waals surface area contributed by atoms with Crippen LogP contribution < -0.4 is 5.32 Å². The lowest BCUT2D eigenvalue weighted by molar-refractivity contribution is 1.08. The summed E-state index contributed by atoms with van der Waals surface area (Å²) in [5, 5.41) is 4.55. The molecule has 17 heavy (non-hydrogen) atoms. The molecule has 0 aliphatic rings. The first kappa shape index (κ1) is 12.4. The second-order valence-electron chi connectivity index (χ2n) is 4.12. The van der Waals surface area contributed by atoms with Crippen LogP contribution in [-0.4, -0.2) is 11.5 Å². The van der Waals surface area contributed by atoms with E-state index < -0.39 is 0 Å². The number of nitrogens with zero attached hydrogens (tertiary/aromatic N) is 1. The summed E-state index contributed by atoms with van der Waals surface area (Å²) in [6, 6.07) is 6.44. The molecule has 1 aromatic heterocycles. The number of benzene rings is 1. The molecule has 0 aliphatic carbocycles. The van der Waals surface area contributed by atoms with Crippen LogP contribution in [0.2, 0.25) is 0 Å². The van der Waals surface area contributed by atoms with E-state index in [1.165, 1.54) is 16.5 Å². The van der Waals surface area contributed by atoms with Crippen LogP contribution in [0.25, 0.3) is 10.9 Å². The lowest BCUT2D eigenvalue weighted by Gasteiger charge is -2.12. The third-order valence-electron chi connectivity index (χ3n) is 2.98. The Balaban J connectivity index is 2.70. The molecule has 0 fully saturated rings. The maximum atomic E-state index is 4.76. The van der Waals surface area contributed by atoms with E-state index in [0.717, 1.165) is 28.8 Å². The Bertz CT molecular complexity index is 549. The number of nitrogens with one attached hydrogen (secondary N) is 1. The Hall–Kier alpha value is -1.09. The molecule has 0 unspecified atom stereocenters. The summed E-state index contributed by atoms with van der Waals surface area (Å²) in [5.74, 6) is 1.02. The van der Waals surface area contributed by atoms with Gasteiger partial charge in [0.25, 0.3) is 0 Å². The standard InChI is InChI=1S/C14H17BrN2/c1-4-10-8-11-6-7-12(15)9(3)13(11)17-14(10)16-5-2/h6-8H,4-5H2,1-3H3,(H,16,17). The van der Waals surface area contributed by atoms with Crippen molar-refractivity contribution < 1.29 is 0 Å². The van der Waals surface area contributed by atoms with Gasteiger partial charge in [0.1, 0.15) is 5.82 Å². The van der Waals surface area contributed by atoms with E-state index >= 15 is 0 Å². The molecule has 3 heteroatoms. The summed E-state index contributed by atoms with van der Waals surface area (Å²) >= 11 is 3.56. The van der Waals surface area contributed by atoms with Gasteiger partial charge in [-0.1, -0.05) is 28.9 Å². The summed E-state index contributed by atoms with van der Waals surface area (Å²) in [6.07, 6.45) is 1.00. The van der Waals surface area contributed by atoms with Gasteiger partial charge in [-0.3, -0.25) is 0 Å². The second-order valence-corrected chi connectivity index (χ2v) is 4.98. The topological polar surface area (TPSA) is 24.9 Å². The lowest BCUT2D eigenvalue weighted by Crippen LogP contribution is -2.03. The maximum Gasteiger partial charge on any atom is 0.129 e. The molecule has 1 N–H and O–H groups in total. The molecule has 0 bridgehead atoms. The largest absolute Gasteiger partial charge is 0.370 e. The number of fused-ring (bicyclic) bond motifs is 1. The van der Waals surface area contributed by atoms with Crippen molar-refractivity contribution in [3.8, 4) is 0 Å². The van der Waals surface area contributed by atoms with Gasteiger partial charge in [-0.25, -0.2) is 4.98 Å². The summed E-state index contributed by atoms with van der Waals surface area (Å²) in [5.41, 5.74) is 3.55. The highest BCUT2D eigenvalue weighted by Crippen LogP contribution is 2.27. The zero-order valence-electron chi connectivity index (χ0n) is 10.5. The molecule has 0 amide bonds. The monoisotopic (exact) mass is 292 g/mol. The van der Waals surface area contributed by atoms with Gasteiger partial charge >= 0.3 is 0 Å². The molecule has 0 radical (unpaired) electrons. The summed E-state index contributed by atoms with van der Waals surface area (Å²) < 4.78 is 1.11. The van der Waals surface area contributed by atoms with E-state index in [0.29, 0.717) is 0 Å². The van der Waals surface area contributed by atoms with Gasteiger partial charge in [-0.2, -0.15) is 0 Å². The average molecular weight is 293 g/mol. The van der Waals surface area contributed by atoms with Crippen molar-refractivity contribution in [2.45, 2.75) is 27.2 Å². The van der Waals surface area contributed by atoms with E-state index in [1.54, 1.807) is 0 Å². The van der Waals surface area contributed by atoms with Gasteiger partial charge in [0.15, 0.2) is 0 Å². The molecule has 2 aromatic rings. The zero-order chi connectivity index (χ0) is 12.4. The van der Waals surface area contributed by atoms with Crippen LogP contribution in [0, 0.1) is 6.92 Å². The van der Waals surface area contributed by atoms with Crippen LogP contribution in [0.3, 0.4) is 0 Å². The highest BCUT2D eigenvalue weighted by atomic mass is 79.9. The molecule has 2 rings (SSSR count). The van der Waals surface area contributed by atoms with Crippen molar-refractivity contribution in [2.24, 2.45) is 0 Å². The number of anilines is 1. The first-order chi connectivity index (χ1) is 8.17. The number of pyridine rings is 1. The molecule has 0 atom stereocenters. The summed E-state index contributed by atoms with van der Waals surface area (Å²) in [4.78, 5) is 4.76. The van der Waals surface area contributed by atoms with Gasteiger partial charge in [-0.05, 0) is 43.5 Å². The normalized spacial score (nSPS) is 10.8. The Morgan fingerprint density at radius 2 is 2.06 bits per heavy atom. The van der Waals surface area contributed by atoms with Crippen LogP contribution in [-0.2, 0) is 6.42 Å². The van der Waals surface area contributed by atoms with E-state index in [2.05, 4.69) is 60.2 Å². The van der Waals surface area contributed by atoms with Crippen LogP contribution in [0.4, 0.5) is 5.82 Å². The number of hydrogen-bond acceptors (Lipinski definition) is 2. The van der Waals surface area contributed by atoms with Gasteiger partial charge in [0.2, 0.25) is 0 Å². The van der Waals surface area contributed by atoms with Gasteiger partial charge in [0.05, 0.1) is 5.52 Å². The SMILES string of the molecule is CCNc1nc2c(C)c(Br)ccc2cc1CC. The summed E-state index contributed by atoms with van der Waals surface area (Å²) in [7, 11) is 0. The van der Waals surface area contributed by atoms with Crippen LogP contribution in [0.1, 0.15) is 25.0 Å². The molecule has 1 heterocycles. The van der Waals surface area contributed by atoms with Crippen molar-refractivity contribution in [1.82, 2.24) is 4.98 Å². The molecular weight excluding hydrogens is 276 g/mol. The first-order valence-corrected chi connectivity index (χ1v) is 6.79. The third kappa shape index (κ3) is 2.29. The number of aryl methyl sites for hydroxylation is 2. The molecule has 1 aromatic carbocycles. The Morgan fingerprint density at radius 3 is 2.71 bits per heavy atom. The molecule has 2 nitrogen and oxygen atoms in total. The number of halogens is 1. The maximum absolute atomic E-state index is 4.76. The molecule has 0 spiro atoms. The van der Waals surface area contributed by atoms with Crippen LogP contribution in [0.15, 0.2) is 22.7 Å². The molecule has 0 saturated heterocycles. The van der Waals surface area contributed by atoms with Crippen LogP contribution >= 0.6 is 15.9 Å². The molecule has 0 saturated carbocycles. The highest BCUT2D eigenvalue weighted by molar-refractivity contribution is 9.10. The van der Waals surface area contributed by atoms with Crippen molar-refractivity contribution >= 4 is 32.7 Å². The van der Waals surface area contributed by atoms with E-state index in [-0.39, 0.29) is 0 Å². The fraction of sp³-hybridized carbons (Fsp3) is 0.357. The lowest BCUT2D eigenvalue weighted by atomic mass is 10.1. The average Bonchev–Trinajstić information content (AvgIpc) is 2.34. The van der Waals surface area contributed by atoms with Gasteiger partial charge < -0.3 is 5.32 Å². The van der Waals surface area contributed by atoms with E-state index in [4.69, 9.17) is 4.98 Å². The zero-order valence-corrected chi connectivity index (χ0v) is 12.1. The minimum atomic E-state index is 0.901. The van der Waals surface area contributed by atoms with Crippen molar-refractivity contribution in [3.05, 3.63) is 33.8 Å². The number of hydrogen-bond donors (Lipinski definition) is 1. The van der Waals surface area contributed by atoms with Crippen molar-refractivity contribution in [2.75, 3.05) is 11.9 Å². The third-order valence-corrected chi connectivity index (χ3v) is 3.84. The quantitative estimate of drug-likeness (QED) is 0.912. The molecule has 90 valence electrons. The molecule has 0 aliphatic heterocycles. The first-order valence-electron chi connectivity index (χ1n) is 6.00. The van der Waals surface area contributed by atoms with Gasteiger partial charge in [-0.15, -0.1) is 0 Å². The minimum Gasteiger partial charge on any atom is -0.370 e. The van der Waals surface area contributed by atoms with Crippen LogP contribution in [0.5, 0.6) is 0 Å². The van der Waals surface area contributed by atoms with Crippen molar-refractivity contribution in [3.63, 3.8) is 0 Å². The predicted molar refractivity (Wildman–Crippen MR) is 77.7 cm³/mol. The highest BCUT2D eigenvalue weighted by Gasteiger charge is 2.08. The Morgan fingerprint density at radius 1 is 1.29 bits per heavy atom. The number of rotatable bonds is 3. The predicted octanol–water partition coefficient (Wildman–Crippen LogP) is 4.30. The van der Waals surface area contributed by atoms with Crippen molar-refractivity contribution in [1.29, 1.82) is 0 Å². The smallest absolute Gasteiger partial charge is 0.129 e. The Kier molecular flexibility index (Phi) is 3.67. The van der Waals surface area contributed by atoms with E-state index in [1.807, 2.05) is 0 Å².